The molecule has 25 heavy (non-hydrogen) atoms. The molecular weight excluding hydrogens is 355 g/mol. The smallest absolute Gasteiger partial charge is 0.349 e. The highest BCUT2D eigenvalue weighted by Gasteiger charge is 2.40. The van der Waals surface area contributed by atoms with Gasteiger partial charge >= 0.3 is 6.18 Å². The number of rotatable bonds is 3. The van der Waals surface area contributed by atoms with Gasteiger partial charge in [-0.2, -0.15) is 18.3 Å². The maximum atomic E-state index is 13.6. The molecule has 0 aliphatic heterocycles. The van der Waals surface area contributed by atoms with Crippen LogP contribution in [0.25, 0.3) is 5.69 Å². The number of hydrogen-bond donors (Lipinski definition) is 1. The van der Waals surface area contributed by atoms with Gasteiger partial charge < -0.3 is 5.32 Å². The molecule has 3 rings (SSSR count). The molecule has 1 aromatic carbocycles. The van der Waals surface area contributed by atoms with Crippen LogP contribution in [-0.2, 0) is 6.18 Å². The topological polar surface area (TPSA) is 46.9 Å². The highest BCUT2D eigenvalue weighted by molar-refractivity contribution is 6.30. The van der Waals surface area contributed by atoms with Crippen molar-refractivity contribution in [2.75, 3.05) is 0 Å². The van der Waals surface area contributed by atoms with Gasteiger partial charge in [-0.25, -0.2) is 4.68 Å². The Labute approximate surface area is 148 Å². The van der Waals surface area contributed by atoms with E-state index in [0.29, 0.717) is 5.02 Å². The van der Waals surface area contributed by atoms with E-state index in [9.17, 15) is 18.0 Å². The Balaban J connectivity index is 1.94. The first kappa shape index (κ1) is 17.8. The molecule has 0 radical (unpaired) electrons. The molecule has 0 saturated heterocycles. The summed E-state index contributed by atoms with van der Waals surface area (Å²) in [5.74, 6) is -0.737. The van der Waals surface area contributed by atoms with E-state index in [1.54, 1.807) is 0 Å². The number of amides is 1. The Morgan fingerprint density at radius 1 is 1.16 bits per heavy atom. The zero-order valence-corrected chi connectivity index (χ0v) is 14.1. The van der Waals surface area contributed by atoms with Crippen LogP contribution in [0.2, 0.25) is 5.02 Å². The molecule has 1 N–H and O–H groups in total. The first-order chi connectivity index (χ1) is 11.9. The van der Waals surface area contributed by atoms with Gasteiger partial charge in [-0.15, -0.1) is 0 Å². The molecule has 2 aromatic rings. The van der Waals surface area contributed by atoms with Crippen LogP contribution in [0.5, 0.6) is 0 Å². The van der Waals surface area contributed by atoms with Crippen molar-refractivity contribution in [2.24, 2.45) is 0 Å². The van der Waals surface area contributed by atoms with Crippen molar-refractivity contribution >= 4 is 17.5 Å². The molecule has 1 saturated carbocycles. The average Bonchev–Trinajstić information content (AvgIpc) is 3.02. The number of alkyl halides is 3. The first-order valence-electron chi connectivity index (χ1n) is 8.08. The van der Waals surface area contributed by atoms with Gasteiger partial charge in [-0.1, -0.05) is 30.9 Å². The number of hydrogen-bond acceptors (Lipinski definition) is 2. The van der Waals surface area contributed by atoms with Crippen LogP contribution in [0.3, 0.4) is 0 Å². The highest BCUT2D eigenvalue weighted by atomic mass is 35.5. The molecule has 1 aliphatic carbocycles. The molecular formula is C17H17ClF3N3O. The summed E-state index contributed by atoms with van der Waals surface area (Å²) in [6.45, 7) is 0. The molecule has 1 fully saturated rings. The lowest BCUT2D eigenvalue weighted by Crippen LogP contribution is -2.37. The Morgan fingerprint density at radius 3 is 2.40 bits per heavy atom. The highest BCUT2D eigenvalue weighted by Crippen LogP contribution is 2.34. The largest absolute Gasteiger partial charge is 0.434 e. The van der Waals surface area contributed by atoms with E-state index < -0.39 is 23.3 Å². The molecule has 134 valence electrons. The Morgan fingerprint density at radius 2 is 1.80 bits per heavy atom. The number of nitrogens with one attached hydrogen (secondary N) is 1. The molecule has 1 aromatic heterocycles. The summed E-state index contributed by atoms with van der Waals surface area (Å²) in [7, 11) is 0. The minimum absolute atomic E-state index is 0.0822. The van der Waals surface area contributed by atoms with E-state index in [1.807, 2.05) is 0 Å². The molecule has 0 spiro atoms. The SMILES string of the molecule is O=C(NC1CCCCC1)c1cnn(-c2ccc(Cl)cc2)c1C(F)(F)F. The molecule has 1 heterocycles. The molecule has 0 unspecified atom stereocenters. The fourth-order valence-corrected chi connectivity index (χ4v) is 3.20. The second kappa shape index (κ2) is 7.07. The summed E-state index contributed by atoms with van der Waals surface area (Å²) in [5.41, 5.74) is -1.36. The maximum Gasteiger partial charge on any atom is 0.434 e. The summed E-state index contributed by atoms with van der Waals surface area (Å²) in [6.07, 6.45) is 0.874. The molecule has 1 aliphatic rings. The monoisotopic (exact) mass is 371 g/mol. The van der Waals surface area contributed by atoms with Crippen molar-refractivity contribution in [3.05, 3.63) is 46.7 Å². The lowest BCUT2D eigenvalue weighted by atomic mass is 9.95. The number of carbonyl (C=O) groups is 1. The second-order valence-corrected chi connectivity index (χ2v) is 6.54. The van der Waals surface area contributed by atoms with Crippen LogP contribution in [-0.4, -0.2) is 21.7 Å². The zero-order chi connectivity index (χ0) is 18.0. The lowest BCUT2D eigenvalue weighted by Gasteiger charge is -2.23. The third-order valence-corrected chi connectivity index (χ3v) is 4.55. The fourth-order valence-electron chi connectivity index (χ4n) is 3.08. The average molecular weight is 372 g/mol. The van der Waals surface area contributed by atoms with E-state index >= 15 is 0 Å². The summed E-state index contributed by atoms with van der Waals surface area (Å²) in [5, 5.41) is 6.90. The van der Waals surface area contributed by atoms with Gasteiger partial charge in [0.15, 0.2) is 5.69 Å². The molecule has 0 atom stereocenters. The van der Waals surface area contributed by atoms with Crippen LogP contribution in [0.1, 0.15) is 48.2 Å². The maximum absolute atomic E-state index is 13.6. The van der Waals surface area contributed by atoms with Gasteiger partial charge in [0, 0.05) is 11.1 Å². The number of nitrogens with zero attached hydrogens (tertiary/aromatic N) is 2. The lowest BCUT2D eigenvalue weighted by molar-refractivity contribution is -0.143. The van der Waals surface area contributed by atoms with Crippen LogP contribution in [0, 0.1) is 0 Å². The second-order valence-electron chi connectivity index (χ2n) is 6.10. The van der Waals surface area contributed by atoms with Crippen molar-refractivity contribution < 1.29 is 18.0 Å². The van der Waals surface area contributed by atoms with Gasteiger partial charge in [0.2, 0.25) is 0 Å². The van der Waals surface area contributed by atoms with Gasteiger partial charge in [0.05, 0.1) is 17.4 Å². The third-order valence-electron chi connectivity index (χ3n) is 4.29. The van der Waals surface area contributed by atoms with Crippen molar-refractivity contribution in [1.82, 2.24) is 15.1 Å². The van der Waals surface area contributed by atoms with Gasteiger partial charge in [-0.3, -0.25) is 4.79 Å². The van der Waals surface area contributed by atoms with E-state index in [1.165, 1.54) is 24.3 Å². The van der Waals surface area contributed by atoms with Crippen LogP contribution >= 0.6 is 11.6 Å². The molecule has 1 amide bonds. The molecule has 8 heteroatoms. The minimum atomic E-state index is -4.71. The number of benzene rings is 1. The minimum Gasteiger partial charge on any atom is -0.349 e. The predicted octanol–water partition coefficient (Wildman–Crippen LogP) is 4.61. The summed E-state index contributed by atoms with van der Waals surface area (Å²) < 4.78 is 41.5. The summed E-state index contributed by atoms with van der Waals surface area (Å²) in [4.78, 5) is 12.4. The summed E-state index contributed by atoms with van der Waals surface area (Å²) >= 11 is 5.78. The van der Waals surface area contributed by atoms with Gasteiger partial charge in [0.25, 0.3) is 5.91 Å². The number of aromatic nitrogens is 2. The Kier molecular flexibility index (Phi) is 5.03. The van der Waals surface area contributed by atoms with E-state index in [2.05, 4.69) is 10.4 Å². The summed E-state index contributed by atoms with van der Waals surface area (Å²) in [6, 6.07) is 5.71. The third kappa shape index (κ3) is 3.98. The van der Waals surface area contributed by atoms with E-state index in [0.717, 1.165) is 43.0 Å². The quantitative estimate of drug-likeness (QED) is 0.856. The van der Waals surface area contributed by atoms with E-state index in [4.69, 9.17) is 11.6 Å². The number of carbonyl (C=O) groups excluding carboxylic acids is 1. The fraction of sp³-hybridized carbons (Fsp3) is 0.412. The van der Waals surface area contributed by atoms with Crippen LogP contribution < -0.4 is 5.32 Å². The van der Waals surface area contributed by atoms with Crippen molar-refractivity contribution in [3.63, 3.8) is 0 Å². The zero-order valence-electron chi connectivity index (χ0n) is 13.3. The van der Waals surface area contributed by atoms with Crippen LogP contribution in [0.15, 0.2) is 30.5 Å². The van der Waals surface area contributed by atoms with Gasteiger partial charge in [0.1, 0.15) is 0 Å². The van der Waals surface area contributed by atoms with Crippen LogP contribution in [0.4, 0.5) is 13.2 Å². The molecule has 0 bridgehead atoms. The van der Waals surface area contributed by atoms with Crippen molar-refractivity contribution in [2.45, 2.75) is 44.3 Å². The Hall–Kier alpha value is -2.02. The Bertz CT molecular complexity index is 749. The van der Waals surface area contributed by atoms with Gasteiger partial charge in [-0.05, 0) is 37.1 Å². The number of halogens is 4. The molecule has 4 nitrogen and oxygen atoms in total. The van der Waals surface area contributed by atoms with E-state index in [-0.39, 0.29) is 11.7 Å². The first-order valence-corrected chi connectivity index (χ1v) is 8.46. The standard InChI is InChI=1S/C17H17ClF3N3O/c18-11-6-8-13(9-7-11)24-15(17(19,20)21)14(10-22-24)16(25)23-12-4-2-1-3-5-12/h6-10,12H,1-5H2,(H,23,25). The van der Waals surface area contributed by atoms with Crippen molar-refractivity contribution in [1.29, 1.82) is 0 Å². The predicted molar refractivity (Wildman–Crippen MR) is 87.9 cm³/mol. The normalized spacial score (nSPS) is 16.0. The van der Waals surface area contributed by atoms with Crippen molar-refractivity contribution in [3.8, 4) is 5.69 Å².